The van der Waals surface area contributed by atoms with Crippen LogP contribution >= 0.6 is 0 Å². The minimum Gasteiger partial charge on any atom is -0.495 e. The Bertz CT molecular complexity index is 1080. The van der Waals surface area contributed by atoms with Crippen LogP contribution in [0.4, 0.5) is 5.69 Å². The predicted octanol–water partition coefficient (Wildman–Crippen LogP) is 3.23. The molecule has 0 radical (unpaired) electrons. The molecule has 0 spiro atoms. The van der Waals surface area contributed by atoms with Crippen molar-refractivity contribution in [2.24, 2.45) is 4.99 Å². The summed E-state index contributed by atoms with van der Waals surface area (Å²) in [6, 6.07) is 15.6. The van der Waals surface area contributed by atoms with E-state index in [4.69, 9.17) is 4.74 Å². The molecule has 0 saturated heterocycles. The number of hydrogen-bond acceptors (Lipinski definition) is 5. The second kappa shape index (κ2) is 7.45. The number of ether oxygens (including phenoxy) is 1. The van der Waals surface area contributed by atoms with Crippen LogP contribution in [-0.4, -0.2) is 29.4 Å². The van der Waals surface area contributed by atoms with Crippen LogP contribution in [0.15, 0.2) is 76.4 Å². The molecule has 0 unspecified atom stereocenters. The molecule has 0 aliphatic carbocycles. The Labute approximate surface area is 157 Å². The van der Waals surface area contributed by atoms with Gasteiger partial charge in [0.2, 0.25) is 0 Å². The topological polar surface area (TPSA) is 59.7 Å². The number of rotatable bonds is 5. The zero-order valence-electron chi connectivity index (χ0n) is 15.1. The molecule has 0 amide bonds. The van der Waals surface area contributed by atoms with Gasteiger partial charge in [0, 0.05) is 25.4 Å². The van der Waals surface area contributed by atoms with Crippen LogP contribution in [0.2, 0.25) is 0 Å². The molecule has 0 atom stereocenters. The van der Waals surface area contributed by atoms with Gasteiger partial charge in [0.15, 0.2) is 0 Å². The molecule has 0 fully saturated rings. The monoisotopic (exact) mass is 360 g/mol. The third-order valence-corrected chi connectivity index (χ3v) is 4.58. The van der Waals surface area contributed by atoms with Gasteiger partial charge < -0.3 is 14.2 Å². The fraction of sp³-hybridized carbons (Fsp3) is 0.190. The van der Waals surface area contributed by atoms with E-state index in [-0.39, 0.29) is 5.56 Å². The number of fused-ring (bicyclic) bond motifs is 1. The number of aliphatic imine (C=N–C) groups is 1. The van der Waals surface area contributed by atoms with Crippen molar-refractivity contribution in [1.82, 2.24) is 9.55 Å². The Morgan fingerprint density at radius 3 is 2.81 bits per heavy atom. The lowest BCUT2D eigenvalue weighted by molar-refractivity contribution is 0.415. The van der Waals surface area contributed by atoms with Crippen molar-refractivity contribution >= 4 is 22.9 Å². The van der Waals surface area contributed by atoms with E-state index in [9.17, 15) is 4.79 Å². The van der Waals surface area contributed by atoms with Crippen molar-refractivity contribution in [3.8, 4) is 5.75 Å². The number of allylic oxidation sites excluding steroid dienone is 1. The van der Waals surface area contributed by atoms with Crippen LogP contribution in [0.3, 0.4) is 0 Å². The van der Waals surface area contributed by atoms with Gasteiger partial charge in [0.25, 0.3) is 5.56 Å². The van der Waals surface area contributed by atoms with E-state index in [1.165, 1.54) is 6.20 Å². The van der Waals surface area contributed by atoms with E-state index in [1.54, 1.807) is 11.7 Å². The van der Waals surface area contributed by atoms with Gasteiger partial charge in [-0.1, -0.05) is 24.3 Å². The molecule has 0 bridgehead atoms. The van der Waals surface area contributed by atoms with E-state index in [0.717, 1.165) is 28.2 Å². The maximum Gasteiger partial charge on any atom is 0.269 e. The first-order chi connectivity index (χ1) is 13.3. The number of aryl methyl sites for hydroxylation is 1. The second-order valence-corrected chi connectivity index (χ2v) is 6.24. The van der Waals surface area contributed by atoms with Crippen molar-refractivity contribution < 1.29 is 4.74 Å². The van der Waals surface area contributed by atoms with Crippen LogP contribution in [0, 0.1) is 0 Å². The highest BCUT2D eigenvalue weighted by Crippen LogP contribution is 2.29. The largest absolute Gasteiger partial charge is 0.495 e. The molecule has 27 heavy (non-hydrogen) atoms. The van der Waals surface area contributed by atoms with Crippen LogP contribution < -0.4 is 15.2 Å². The molecule has 6 heteroatoms. The molecule has 2 aromatic carbocycles. The lowest BCUT2D eigenvalue weighted by Gasteiger charge is -2.24. The van der Waals surface area contributed by atoms with Gasteiger partial charge in [-0.2, -0.15) is 0 Å². The third kappa shape index (κ3) is 3.46. The number of aromatic nitrogens is 2. The molecule has 2 heterocycles. The molecule has 4 rings (SSSR count). The highest BCUT2D eigenvalue weighted by molar-refractivity contribution is 5.74. The summed E-state index contributed by atoms with van der Waals surface area (Å²) in [6.07, 6.45) is 5.93. The standard InChI is InChI=1S/C21H20N4O2/c1-27-20-9-5-4-8-19(20)24-13-11-22-16(15-24)10-12-25-18-7-3-2-6-17(18)23-14-21(25)26/h2-9,11,14-15H,10,12-13H2,1H3. The number of nitrogens with zero attached hydrogens (tertiary/aromatic N) is 4. The summed E-state index contributed by atoms with van der Waals surface area (Å²) in [7, 11) is 1.67. The van der Waals surface area contributed by atoms with Crippen LogP contribution in [0.5, 0.6) is 5.75 Å². The molecule has 3 aromatic rings. The quantitative estimate of drug-likeness (QED) is 0.701. The first-order valence-electron chi connectivity index (χ1n) is 8.84. The smallest absolute Gasteiger partial charge is 0.269 e. The van der Waals surface area contributed by atoms with E-state index in [0.29, 0.717) is 19.5 Å². The van der Waals surface area contributed by atoms with Gasteiger partial charge in [-0.3, -0.25) is 9.79 Å². The molecule has 1 aromatic heterocycles. The number of hydrogen-bond donors (Lipinski definition) is 0. The average Bonchev–Trinajstić information content (AvgIpc) is 2.73. The Morgan fingerprint density at radius 1 is 1.11 bits per heavy atom. The minimum absolute atomic E-state index is 0.101. The molecular weight excluding hydrogens is 340 g/mol. The zero-order chi connectivity index (χ0) is 18.6. The molecule has 1 aliphatic heterocycles. The average molecular weight is 360 g/mol. The predicted molar refractivity (Wildman–Crippen MR) is 108 cm³/mol. The molecule has 1 aliphatic rings. The summed E-state index contributed by atoms with van der Waals surface area (Å²) < 4.78 is 7.21. The van der Waals surface area contributed by atoms with Crippen molar-refractivity contribution in [3.05, 3.63) is 77.0 Å². The summed E-state index contributed by atoms with van der Waals surface area (Å²) in [5, 5.41) is 0. The number of benzene rings is 2. The van der Waals surface area contributed by atoms with Crippen molar-refractivity contribution in [1.29, 1.82) is 0 Å². The van der Waals surface area contributed by atoms with Crippen LogP contribution in [0.1, 0.15) is 6.42 Å². The maximum absolute atomic E-state index is 12.3. The van der Waals surface area contributed by atoms with Crippen LogP contribution in [0.25, 0.3) is 11.0 Å². The zero-order valence-corrected chi connectivity index (χ0v) is 15.1. The van der Waals surface area contributed by atoms with Gasteiger partial charge in [-0.15, -0.1) is 0 Å². The highest BCUT2D eigenvalue weighted by Gasteiger charge is 2.13. The van der Waals surface area contributed by atoms with E-state index >= 15 is 0 Å². The molecule has 0 N–H and O–H groups in total. The van der Waals surface area contributed by atoms with Gasteiger partial charge in [-0.25, -0.2) is 4.98 Å². The summed E-state index contributed by atoms with van der Waals surface area (Å²) in [6.45, 7) is 1.23. The number of methoxy groups -OCH3 is 1. The molecule has 6 nitrogen and oxygen atoms in total. The van der Waals surface area contributed by atoms with Gasteiger partial charge in [0.05, 0.1) is 42.3 Å². The second-order valence-electron chi connectivity index (χ2n) is 6.24. The molecular formula is C21H20N4O2. The fourth-order valence-corrected chi connectivity index (χ4v) is 3.25. The summed E-state index contributed by atoms with van der Waals surface area (Å²) in [5.41, 5.74) is 3.46. The summed E-state index contributed by atoms with van der Waals surface area (Å²) in [5.74, 6) is 0.819. The Kier molecular flexibility index (Phi) is 4.70. The SMILES string of the molecule is COc1ccccc1N1C=C(CCn2c(=O)cnc3ccccc32)N=CC1. The summed E-state index contributed by atoms with van der Waals surface area (Å²) in [4.78, 5) is 23.1. The van der Waals surface area contributed by atoms with Crippen molar-refractivity contribution in [3.63, 3.8) is 0 Å². The lowest BCUT2D eigenvalue weighted by atomic mass is 10.2. The van der Waals surface area contributed by atoms with E-state index in [2.05, 4.69) is 14.9 Å². The fourth-order valence-electron chi connectivity index (χ4n) is 3.25. The van der Waals surface area contributed by atoms with Gasteiger partial charge >= 0.3 is 0 Å². The lowest BCUT2D eigenvalue weighted by Crippen LogP contribution is -2.24. The van der Waals surface area contributed by atoms with Gasteiger partial charge in [0.1, 0.15) is 5.75 Å². The molecule has 136 valence electrons. The van der Waals surface area contributed by atoms with Gasteiger partial charge in [-0.05, 0) is 24.3 Å². The first-order valence-corrected chi connectivity index (χ1v) is 8.84. The normalized spacial score (nSPS) is 13.7. The minimum atomic E-state index is -0.101. The Morgan fingerprint density at radius 2 is 1.93 bits per heavy atom. The Hall–Kier alpha value is -3.41. The maximum atomic E-state index is 12.3. The van der Waals surface area contributed by atoms with Crippen molar-refractivity contribution in [2.45, 2.75) is 13.0 Å². The first kappa shape index (κ1) is 17.0. The number of para-hydroxylation sites is 4. The van der Waals surface area contributed by atoms with E-state index in [1.807, 2.05) is 60.9 Å². The number of anilines is 1. The Balaban J connectivity index is 1.58. The van der Waals surface area contributed by atoms with Crippen LogP contribution in [-0.2, 0) is 6.54 Å². The molecule has 0 saturated carbocycles. The van der Waals surface area contributed by atoms with E-state index < -0.39 is 0 Å². The van der Waals surface area contributed by atoms with Crippen molar-refractivity contribution in [2.75, 3.05) is 18.6 Å². The third-order valence-electron chi connectivity index (χ3n) is 4.58. The summed E-state index contributed by atoms with van der Waals surface area (Å²) >= 11 is 0. The highest BCUT2D eigenvalue weighted by atomic mass is 16.5.